The van der Waals surface area contributed by atoms with E-state index in [9.17, 15) is 4.79 Å². The predicted molar refractivity (Wildman–Crippen MR) is 121 cm³/mol. The van der Waals surface area contributed by atoms with E-state index in [0.29, 0.717) is 37.8 Å². The molecule has 30 heavy (non-hydrogen) atoms. The summed E-state index contributed by atoms with van der Waals surface area (Å²) in [6.45, 7) is 13.0. The largest absolute Gasteiger partial charge is 0.413 e. The van der Waals surface area contributed by atoms with Gasteiger partial charge in [0.05, 0.1) is 25.4 Å². The highest BCUT2D eigenvalue weighted by atomic mass is 28.4. The summed E-state index contributed by atoms with van der Waals surface area (Å²) >= 11 is 0. The lowest BCUT2D eigenvalue weighted by molar-refractivity contribution is -0.123. The van der Waals surface area contributed by atoms with Gasteiger partial charge in [0.25, 0.3) is 0 Å². The van der Waals surface area contributed by atoms with Gasteiger partial charge in [-0.05, 0) is 56.2 Å². The molecule has 0 heterocycles. The first-order chi connectivity index (χ1) is 14.1. The molecule has 3 rings (SSSR count). The molecule has 0 aliphatic heterocycles. The number of fused-ring (bicyclic) bond motifs is 1. The van der Waals surface area contributed by atoms with Crippen molar-refractivity contribution in [2.24, 2.45) is 11.3 Å². The predicted octanol–water partition coefficient (Wildman–Crippen LogP) is 5.25. The van der Waals surface area contributed by atoms with Crippen molar-refractivity contribution in [2.75, 3.05) is 27.1 Å². The SMILES string of the molecule is COCCOCO[C@@H]1C=C2CC[C@H]3CCC(=O)C[C@@]2(CC1)[C@H]3O[Si](C)(C)C(C)(C)C. The van der Waals surface area contributed by atoms with Gasteiger partial charge in [-0.1, -0.05) is 32.4 Å². The number of carbonyl (C=O) groups is 1. The average Bonchev–Trinajstić information content (AvgIpc) is 2.73. The maximum absolute atomic E-state index is 12.8. The normalized spacial score (nSPS) is 32.4. The first kappa shape index (κ1) is 24.1. The Morgan fingerprint density at radius 3 is 2.57 bits per heavy atom. The van der Waals surface area contributed by atoms with E-state index >= 15 is 0 Å². The number of ketones is 1. The Kier molecular flexibility index (Phi) is 7.66. The second-order valence-electron chi connectivity index (χ2n) is 11.0. The van der Waals surface area contributed by atoms with Crippen LogP contribution in [0.25, 0.3) is 0 Å². The van der Waals surface area contributed by atoms with E-state index in [1.807, 2.05) is 0 Å². The fourth-order valence-electron chi connectivity index (χ4n) is 5.19. The van der Waals surface area contributed by atoms with Gasteiger partial charge in [-0.2, -0.15) is 0 Å². The number of ether oxygens (including phenoxy) is 3. The van der Waals surface area contributed by atoms with Crippen LogP contribution in [0.4, 0.5) is 0 Å². The van der Waals surface area contributed by atoms with Gasteiger partial charge in [0, 0.05) is 25.4 Å². The van der Waals surface area contributed by atoms with Crippen LogP contribution in [0, 0.1) is 11.3 Å². The molecular formula is C24H42O5Si. The van der Waals surface area contributed by atoms with Gasteiger partial charge in [0.1, 0.15) is 12.6 Å². The van der Waals surface area contributed by atoms with Crippen LogP contribution in [-0.2, 0) is 23.4 Å². The van der Waals surface area contributed by atoms with Gasteiger partial charge < -0.3 is 18.6 Å². The molecule has 0 aromatic rings. The van der Waals surface area contributed by atoms with Crippen molar-refractivity contribution < 1.29 is 23.4 Å². The lowest BCUT2D eigenvalue weighted by Crippen LogP contribution is -2.55. The second-order valence-corrected chi connectivity index (χ2v) is 15.7. The highest BCUT2D eigenvalue weighted by Crippen LogP contribution is 2.57. The fraction of sp³-hybridized carbons (Fsp3) is 0.875. The first-order valence-corrected chi connectivity index (χ1v) is 14.6. The number of methoxy groups -OCH3 is 1. The summed E-state index contributed by atoms with van der Waals surface area (Å²) in [7, 11) is -0.268. The molecule has 2 fully saturated rings. The quantitative estimate of drug-likeness (QED) is 0.224. The summed E-state index contributed by atoms with van der Waals surface area (Å²) in [5.41, 5.74) is 1.29. The molecule has 4 atom stereocenters. The Morgan fingerprint density at radius 1 is 1.13 bits per heavy atom. The van der Waals surface area contributed by atoms with Crippen LogP contribution < -0.4 is 0 Å². The molecule has 0 aromatic heterocycles. The topological polar surface area (TPSA) is 54.0 Å². The lowest BCUT2D eigenvalue weighted by atomic mass is 9.58. The highest BCUT2D eigenvalue weighted by molar-refractivity contribution is 6.74. The summed E-state index contributed by atoms with van der Waals surface area (Å²) in [6, 6.07) is 0. The van der Waals surface area contributed by atoms with Crippen LogP contribution >= 0.6 is 0 Å². The number of hydrogen-bond acceptors (Lipinski definition) is 5. The van der Waals surface area contributed by atoms with Gasteiger partial charge in [0.15, 0.2) is 8.32 Å². The number of Topliss-reactive ketones (excluding diaryl/α,β-unsaturated/α-hetero) is 1. The molecule has 2 saturated carbocycles. The third-order valence-electron chi connectivity index (χ3n) is 7.99. The Bertz CT molecular complexity index is 638. The van der Waals surface area contributed by atoms with Crippen molar-refractivity contribution in [3.05, 3.63) is 11.6 Å². The Labute approximate surface area is 184 Å². The monoisotopic (exact) mass is 438 g/mol. The summed E-state index contributed by atoms with van der Waals surface area (Å²) in [5, 5.41) is 0.165. The molecule has 5 nitrogen and oxygen atoms in total. The molecular weight excluding hydrogens is 396 g/mol. The molecule has 0 radical (unpaired) electrons. The Hall–Kier alpha value is -0.533. The van der Waals surface area contributed by atoms with Gasteiger partial charge in [-0.25, -0.2) is 0 Å². The van der Waals surface area contributed by atoms with Crippen molar-refractivity contribution in [3.8, 4) is 0 Å². The summed E-state index contributed by atoms with van der Waals surface area (Å²) in [4.78, 5) is 12.8. The van der Waals surface area contributed by atoms with Crippen LogP contribution in [0.1, 0.15) is 65.7 Å². The Balaban J connectivity index is 1.81. The third kappa shape index (κ3) is 5.09. The van der Waals surface area contributed by atoms with Crippen LogP contribution in [-0.4, -0.2) is 53.4 Å². The van der Waals surface area contributed by atoms with Gasteiger partial charge >= 0.3 is 0 Å². The van der Waals surface area contributed by atoms with E-state index in [1.54, 1.807) is 7.11 Å². The van der Waals surface area contributed by atoms with Crippen LogP contribution in [0.15, 0.2) is 11.6 Å². The van der Waals surface area contributed by atoms with Gasteiger partial charge in [0.2, 0.25) is 0 Å². The van der Waals surface area contributed by atoms with Gasteiger partial charge in [-0.15, -0.1) is 0 Å². The van der Waals surface area contributed by atoms with E-state index in [2.05, 4.69) is 39.9 Å². The van der Waals surface area contributed by atoms with Crippen molar-refractivity contribution in [3.63, 3.8) is 0 Å². The average molecular weight is 439 g/mol. The summed E-state index contributed by atoms with van der Waals surface area (Å²) < 4.78 is 23.6. The van der Waals surface area contributed by atoms with Crippen molar-refractivity contribution in [1.82, 2.24) is 0 Å². The third-order valence-corrected chi connectivity index (χ3v) is 12.4. The van der Waals surface area contributed by atoms with Crippen LogP contribution in [0.5, 0.6) is 0 Å². The maximum Gasteiger partial charge on any atom is 0.192 e. The minimum atomic E-state index is -1.94. The molecule has 2 bridgehead atoms. The van der Waals surface area contributed by atoms with Crippen LogP contribution in [0.3, 0.4) is 0 Å². The zero-order chi connectivity index (χ0) is 22.0. The highest BCUT2D eigenvalue weighted by Gasteiger charge is 2.55. The van der Waals surface area contributed by atoms with Crippen molar-refractivity contribution in [2.45, 2.75) is 96.1 Å². The Morgan fingerprint density at radius 2 is 1.87 bits per heavy atom. The zero-order valence-corrected chi connectivity index (χ0v) is 20.9. The zero-order valence-electron chi connectivity index (χ0n) is 19.9. The minimum Gasteiger partial charge on any atom is -0.413 e. The fourth-order valence-corrected chi connectivity index (χ4v) is 6.60. The standard InChI is InChI=1S/C24H42O5Si/c1-23(2,3)30(5,6)29-22-18-7-9-19-15-21(28-17-27-14-13-26-4)11-12-24(19,22)16-20(25)10-8-18/h15,18,21-22H,7-14,16-17H2,1-6H3/t18-,21-,22-,24+/m0/s1. The number of rotatable bonds is 8. The summed E-state index contributed by atoms with van der Waals surface area (Å²) in [5.74, 6) is 0.911. The molecule has 0 N–H and O–H groups in total. The number of hydrogen-bond donors (Lipinski definition) is 0. The minimum absolute atomic E-state index is 0.0663. The molecule has 1 spiro atoms. The smallest absolute Gasteiger partial charge is 0.192 e. The molecule has 3 aliphatic rings. The second kappa shape index (κ2) is 9.53. The van der Waals surface area contributed by atoms with E-state index in [4.69, 9.17) is 18.6 Å². The molecule has 3 aliphatic carbocycles. The van der Waals surface area contributed by atoms with E-state index in [0.717, 1.165) is 32.1 Å². The molecule has 6 heteroatoms. The molecule has 0 amide bonds. The first-order valence-electron chi connectivity index (χ1n) is 11.7. The van der Waals surface area contributed by atoms with E-state index in [1.165, 1.54) is 5.57 Å². The molecule has 0 unspecified atom stereocenters. The number of carbonyl (C=O) groups excluding carboxylic acids is 1. The van der Waals surface area contributed by atoms with Crippen molar-refractivity contribution in [1.29, 1.82) is 0 Å². The molecule has 0 saturated heterocycles. The molecule has 172 valence electrons. The molecule has 0 aromatic carbocycles. The van der Waals surface area contributed by atoms with Crippen molar-refractivity contribution >= 4 is 14.1 Å². The summed E-state index contributed by atoms with van der Waals surface area (Å²) in [6.07, 6.45) is 8.98. The van der Waals surface area contributed by atoms with E-state index < -0.39 is 8.32 Å². The maximum atomic E-state index is 12.8. The van der Waals surface area contributed by atoms with Gasteiger partial charge in [-0.3, -0.25) is 4.79 Å². The van der Waals surface area contributed by atoms with E-state index in [-0.39, 0.29) is 29.5 Å². The van der Waals surface area contributed by atoms with Crippen LogP contribution in [0.2, 0.25) is 18.1 Å². The lowest BCUT2D eigenvalue weighted by Gasteiger charge is -2.54.